The molecule has 0 unspecified atom stereocenters. The molecule has 88 nitrogen and oxygen atoms in total. The van der Waals surface area contributed by atoms with Crippen LogP contribution in [0.3, 0.4) is 0 Å². The van der Waals surface area contributed by atoms with E-state index < -0.39 is 0 Å². The third kappa shape index (κ3) is 70.6. The van der Waals surface area contributed by atoms with Gasteiger partial charge in [0.25, 0.3) is 0 Å². The fourth-order valence-corrected chi connectivity index (χ4v) is 1.56. The van der Waals surface area contributed by atoms with Crippen molar-refractivity contribution in [3.05, 3.63) is 0 Å². The van der Waals surface area contributed by atoms with Gasteiger partial charge >= 0.3 is 0 Å². The molecule has 0 heterocycles. The molecule has 0 saturated heterocycles. The molecule has 0 radical (unpaired) electrons. The Hall–Kier alpha value is -17.4. The van der Waals surface area contributed by atoms with E-state index in [4.69, 9.17) is 0 Å². The summed E-state index contributed by atoms with van der Waals surface area (Å²) < 4.78 is 2.83. The van der Waals surface area contributed by atoms with Gasteiger partial charge in [0, 0.05) is 366 Å². The van der Waals surface area contributed by atoms with Gasteiger partial charge < -0.3 is 5.84 Å². The molecule has 0 saturated carbocycles. The van der Waals surface area contributed by atoms with E-state index in [2.05, 4.69) is 472 Å². The summed E-state index contributed by atoms with van der Waals surface area (Å²) in [5, 5.41) is 257. The predicted molar refractivity (Wildman–Crippen MR) is 223 cm³/mol. The average molecular weight is 1270 g/mol. The third-order valence-electron chi connectivity index (χ3n) is 3.45. The molecule has 0 aromatic carbocycles. The first-order valence-corrected chi connectivity index (χ1v) is 18.0. The highest BCUT2D eigenvalue weighted by atomic mass is 32.1. The predicted octanol–water partition coefficient (Wildman–Crippen LogP) is 15.4. The normalized spacial score (nSPS) is 15.6. The Labute approximate surface area is 472 Å². The lowest BCUT2D eigenvalue weighted by Gasteiger charge is -1.71. The maximum Gasteiger partial charge on any atom is 0.0671 e. The highest BCUT2D eigenvalue weighted by molar-refractivity contribution is 7.47. The molecule has 0 aromatic heterocycles. The summed E-state index contributed by atoms with van der Waals surface area (Å²) in [6.45, 7) is 0. The highest BCUT2D eigenvalue weighted by Gasteiger charge is 1.79. The van der Waals surface area contributed by atoms with Crippen LogP contribution in [0.5, 0.6) is 0 Å². The molecule has 0 atom stereocenters. The van der Waals surface area contributed by atoms with E-state index in [1.807, 2.05) is 0 Å². The minimum Gasteiger partial charge on any atom is -0.303 e. The van der Waals surface area contributed by atoms with Crippen molar-refractivity contribution in [2.75, 3.05) is 0 Å². The quantitative estimate of drug-likeness (QED) is 0.0353. The Morgan fingerprint density at radius 2 is 0.146 bits per heavy atom. The fourth-order valence-electron chi connectivity index (χ4n) is 1.52. The van der Waals surface area contributed by atoms with Crippen molar-refractivity contribution in [1.29, 1.82) is 0 Å². The standard InChI is InChI=1S/H2N88S/c1-2-3-4-5-6-7-8-9-10-11-12-13-14-15-16-17-18-19-20-21-22-23-24-25-26-27-28-29-30-31-32-33-34-35-36-37-38-39-40-41-42-43-44-45-46-47-48-49-50-51-52-53-54-55-56-57-58-59-60-61-62-63-64-65-66-67-68-69-70-71-72-73-74-75-76-77-78-79-80-81-82-83-84-85-86-87-88-89/h(H2,1,3,5,7,9,11,13,15,17,19,21,23,25,27,29,31,33,35,37,39,41,43,45,47,49,51,53,55,57,59,61,63,65,67,69,71,73,75,77,79,81,83,85,87,89). The van der Waals surface area contributed by atoms with Crippen molar-refractivity contribution in [3.8, 4) is 0 Å². The lowest BCUT2D eigenvalue weighted by molar-refractivity contribution is 0.723. The molecule has 0 spiro atoms. The molecule has 0 bridgehead atoms. The van der Waals surface area contributed by atoms with Crippen LogP contribution < -0.4 is 5.84 Å². The second-order valence-electron chi connectivity index (χ2n) is 7.80. The van der Waals surface area contributed by atoms with E-state index in [0.717, 1.165) is 0 Å². The SMILES string of the molecule is N/N=N/N=N/N=N/N=N/N=N/N=N/N=N/N=N/N=N/N=N/N=N/N=N/N=N/N=N/N=N/N=N/N=N/N=N/N=N/N=N/N=N/N=N/N=N/N=N/N=N/N=N/N=N/N=N/N=N/N=N/N=N/N=N/N=N/N=N/N=N/N=N/N=N/N=N/N=N/N=N/N=N/N=N/N=N/N=S. The van der Waals surface area contributed by atoms with Crippen LogP contribution in [0, 0.1) is 0 Å². The van der Waals surface area contributed by atoms with Crippen LogP contribution in [0.15, 0.2) is 454 Å². The first-order valence-electron chi connectivity index (χ1n) is 17.6. The molecule has 89 heteroatoms. The molecule has 0 aliphatic carbocycles. The van der Waals surface area contributed by atoms with Crippen LogP contribution >= 0.6 is 0 Å². The minimum absolute atomic E-state index is 2.75. The summed E-state index contributed by atoms with van der Waals surface area (Å²) in [6, 6.07) is 0. The minimum atomic E-state index is 2.75. The first-order chi connectivity index (χ1) is 44.4. The second-order valence-corrected chi connectivity index (χ2v) is 7.96. The molecule has 2 N–H and O–H groups in total. The summed E-state index contributed by atoms with van der Waals surface area (Å²) in [7, 11) is 0. The van der Waals surface area contributed by atoms with Gasteiger partial charge in [0.15, 0.2) is 0 Å². The van der Waals surface area contributed by atoms with Crippen molar-refractivity contribution >= 4 is 12.4 Å². The van der Waals surface area contributed by atoms with Crippen molar-refractivity contribution in [3.63, 3.8) is 0 Å². The van der Waals surface area contributed by atoms with Gasteiger partial charge in [0.05, 0.1) is 12.4 Å². The first kappa shape index (κ1) is 71.6. The van der Waals surface area contributed by atoms with E-state index >= 15 is 0 Å². The average Bonchev–Trinajstić information content (AvgIpc) is 3.54. The number of rotatable bonds is 43. The molecular formula is H2N88S. The zero-order chi connectivity index (χ0) is 63.5. The monoisotopic (exact) mass is 1270 g/mol. The van der Waals surface area contributed by atoms with E-state index in [1.165, 1.54) is 0 Å². The van der Waals surface area contributed by atoms with Crippen LogP contribution in [-0.4, -0.2) is 0 Å². The van der Waals surface area contributed by atoms with Crippen LogP contribution in [0.1, 0.15) is 0 Å². The van der Waals surface area contributed by atoms with Gasteiger partial charge in [0.1, 0.15) is 0 Å². The molecule has 0 fully saturated rings. The summed E-state index contributed by atoms with van der Waals surface area (Å²) in [4.78, 5) is 0. The van der Waals surface area contributed by atoms with Gasteiger partial charge in [-0.05, 0) is 78.3 Å². The van der Waals surface area contributed by atoms with Crippen molar-refractivity contribution < 1.29 is 0 Å². The van der Waals surface area contributed by atoms with Crippen molar-refractivity contribution in [2.45, 2.75) is 0 Å². The highest BCUT2D eigenvalue weighted by Crippen LogP contribution is 1.97. The zero-order valence-corrected chi connectivity index (χ0v) is 40.7. The molecule has 0 aromatic rings. The lowest BCUT2D eigenvalue weighted by Crippen LogP contribution is -1.70. The Balaban J connectivity index is 4.11. The van der Waals surface area contributed by atoms with E-state index in [-0.39, 0.29) is 0 Å². The topological polar surface area (TPSA) is 1100 Å². The molecule has 0 rings (SSSR count). The second kappa shape index (κ2) is 70.6. The molecule has 0 aliphatic rings. The molecule has 89 heavy (non-hydrogen) atoms. The Morgan fingerprint density at radius 1 is 0.0899 bits per heavy atom. The number of nitrogens with two attached hydrogens (primary N) is 1. The van der Waals surface area contributed by atoms with Gasteiger partial charge in [-0.15, -0.1) is 0 Å². The van der Waals surface area contributed by atoms with E-state index in [0.29, 0.717) is 0 Å². The largest absolute Gasteiger partial charge is 0.303 e. The van der Waals surface area contributed by atoms with Gasteiger partial charge in [-0.3, -0.25) is 0 Å². The smallest absolute Gasteiger partial charge is 0.0671 e. The number of hydrogen-bond acceptors (Lipinski definition) is 2. The Bertz CT molecular complexity index is 3220. The van der Waals surface area contributed by atoms with Crippen LogP contribution in [-0.2, 0) is 12.4 Å². The van der Waals surface area contributed by atoms with E-state index in [1.54, 1.807) is 0 Å². The lowest BCUT2D eigenvalue weighted by atomic mass is 12.3. The summed E-state index contributed by atoms with van der Waals surface area (Å²) >= 11 is 4.09. The Morgan fingerprint density at radius 3 is 0.202 bits per heavy atom. The molecule has 0 amide bonds. The van der Waals surface area contributed by atoms with Crippen molar-refractivity contribution in [1.82, 2.24) is 0 Å². The van der Waals surface area contributed by atoms with Crippen molar-refractivity contribution in [2.24, 2.45) is 460 Å². The number of nitrogens with zero attached hydrogens (tertiary/aromatic N) is 87. The number of hydrogen-bond donors (Lipinski definition) is 1. The van der Waals surface area contributed by atoms with Crippen LogP contribution in [0.2, 0.25) is 0 Å². The van der Waals surface area contributed by atoms with Crippen LogP contribution in [0.25, 0.3) is 0 Å². The van der Waals surface area contributed by atoms with Gasteiger partial charge in [-0.25, -0.2) is 0 Å². The van der Waals surface area contributed by atoms with E-state index in [9.17, 15) is 0 Å². The summed E-state index contributed by atoms with van der Waals surface area (Å²) in [6.07, 6.45) is 0. The Kier molecular flexibility index (Phi) is 56.8. The van der Waals surface area contributed by atoms with Gasteiger partial charge in [-0.2, -0.15) is 0 Å². The third-order valence-corrected chi connectivity index (χ3v) is 3.52. The van der Waals surface area contributed by atoms with Crippen LogP contribution in [0.4, 0.5) is 0 Å². The summed E-state index contributed by atoms with van der Waals surface area (Å²) in [5.74, 6) is 4.63. The fraction of sp³-hybridized carbons (Fsp3) is 0. The maximum atomic E-state index is 4.63. The molecule has 0 aliphatic heterocycles. The van der Waals surface area contributed by atoms with Gasteiger partial charge in [0.2, 0.25) is 0 Å². The molecular weight excluding hydrogens is 1260 g/mol. The maximum absolute atomic E-state index is 4.63. The zero-order valence-electron chi connectivity index (χ0n) is 39.9. The molecule has 448 valence electrons. The summed E-state index contributed by atoms with van der Waals surface area (Å²) in [5.41, 5.74) is 0. The van der Waals surface area contributed by atoms with Gasteiger partial charge in [-0.1, -0.05) is 9.69 Å².